The maximum Gasteiger partial charge on any atom is 0.171 e. The molecule has 0 unspecified atom stereocenters. The molecular formula is C17H24N2O2. The summed E-state index contributed by atoms with van der Waals surface area (Å²) in [5.41, 5.74) is 3.50. The number of hydrogen-bond acceptors (Lipinski definition) is 4. The van der Waals surface area contributed by atoms with Gasteiger partial charge < -0.3 is 14.6 Å². The minimum Gasteiger partial charge on any atom is -0.383 e. The van der Waals surface area contributed by atoms with Crippen molar-refractivity contribution in [3.8, 4) is 11.3 Å². The van der Waals surface area contributed by atoms with E-state index >= 15 is 0 Å². The minimum atomic E-state index is 0.668. The first-order chi connectivity index (χ1) is 10.2. The molecule has 4 heteroatoms. The van der Waals surface area contributed by atoms with Gasteiger partial charge in [0.1, 0.15) is 0 Å². The highest BCUT2D eigenvalue weighted by molar-refractivity contribution is 5.61. The summed E-state index contributed by atoms with van der Waals surface area (Å²) in [5, 5.41) is 7.23. The van der Waals surface area contributed by atoms with E-state index in [-0.39, 0.29) is 0 Å². The van der Waals surface area contributed by atoms with Crippen LogP contribution in [0.5, 0.6) is 0 Å². The molecule has 0 spiro atoms. The third-order valence-corrected chi connectivity index (χ3v) is 3.30. The van der Waals surface area contributed by atoms with Crippen molar-refractivity contribution in [2.24, 2.45) is 5.92 Å². The van der Waals surface area contributed by atoms with Gasteiger partial charge in [0.2, 0.25) is 0 Å². The highest BCUT2D eigenvalue weighted by Gasteiger charge is 2.10. The SMILES string of the molecule is COCCNCc1cnoc1-c1ccc(CC(C)C)cc1. The summed E-state index contributed by atoms with van der Waals surface area (Å²) in [6.45, 7) is 6.71. The maximum atomic E-state index is 5.41. The number of methoxy groups -OCH3 is 1. The fourth-order valence-electron chi connectivity index (χ4n) is 2.28. The molecule has 1 aromatic heterocycles. The van der Waals surface area contributed by atoms with Crippen molar-refractivity contribution in [2.75, 3.05) is 20.3 Å². The van der Waals surface area contributed by atoms with Gasteiger partial charge in [-0.2, -0.15) is 0 Å². The Morgan fingerprint density at radius 3 is 2.67 bits per heavy atom. The average Bonchev–Trinajstić information content (AvgIpc) is 2.92. The summed E-state index contributed by atoms with van der Waals surface area (Å²) in [4.78, 5) is 0. The normalized spacial score (nSPS) is 11.2. The van der Waals surface area contributed by atoms with Crippen LogP contribution in [0.2, 0.25) is 0 Å². The van der Waals surface area contributed by atoms with E-state index in [0.717, 1.165) is 36.4 Å². The molecule has 0 aliphatic rings. The van der Waals surface area contributed by atoms with E-state index in [1.54, 1.807) is 13.3 Å². The van der Waals surface area contributed by atoms with Crippen LogP contribution in [0.3, 0.4) is 0 Å². The van der Waals surface area contributed by atoms with E-state index in [1.165, 1.54) is 5.56 Å². The van der Waals surface area contributed by atoms with E-state index in [9.17, 15) is 0 Å². The van der Waals surface area contributed by atoms with Gasteiger partial charge in [-0.1, -0.05) is 43.3 Å². The molecule has 2 rings (SSSR count). The molecule has 0 radical (unpaired) electrons. The predicted octanol–water partition coefficient (Wildman–Crippen LogP) is 3.28. The number of benzene rings is 1. The summed E-state index contributed by atoms with van der Waals surface area (Å²) in [7, 11) is 1.70. The van der Waals surface area contributed by atoms with Crippen LogP contribution in [-0.2, 0) is 17.7 Å². The second-order valence-electron chi connectivity index (χ2n) is 5.64. The largest absolute Gasteiger partial charge is 0.383 e. The van der Waals surface area contributed by atoms with Gasteiger partial charge in [-0.15, -0.1) is 0 Å². The molecule has 0 saturated heterocycles. The lowest BCUT2D eigenvalue weighted by Crippen LogP contribution is -2.18. The van der Waals surface area contributed by atoms with Crippen LogP contribution < -0.4 is 5.32 Å². The third-order valence-electron chi connectivity index (χ3n) is 3.30. The molecule has 1 heterocycles. The second-order valence-corrected chi connectivity index (χ2v) is 5.64. The van der Waals surface area contributed by atoms with Crippen molar-refractivity contribution < 1.29 is 9.26 Å². The molecule has 0 bridgehead atoms. The van der Waals surface area contributed by atoms with Gasteiger partial charge in [-0.05, 0) is 17.9 Å². The number of nitrogens with one attached hydrogen (secondary N) is 1. The monoisotopic (exact) mass is 288 g/mol. The summed E-state index contributed by atoms with van der Waals surface area (Å²) < 4.78 is 10.4. The Hall–Kier alpha value is -1.65. The quantitative estimate of drug-likeness (QED) is 0.757. The zero-order valence-electron chi connectivity index (χ0n) is 13.1. The number of rotatable bonds is 8. The summed E-state index contributed by atoms with van der Waals surface area (Å²) in [5.74, 6) is 1.51. The zero-order chi connectivity index (χ0) is 15.1. The molecule has 21 heavy (non-hydrogen) atoms. The third kappa shape index (κ3) is 4.69. The molecular weight excluding hydrogens is 264 g/mol. The van der Waals surface area contributed by atoms with Crippen LogP contribution in [0.25, 0.3) is 11.3 Å². The van der Waals surface area contributed by atoms with Crippen LogP contribution in [0.1, 0.15) is 25.0 Å². The van der Waals surface area contributed by atoms with Crippen LogP contribution in [0, 0.1) is 5.92 Å². The maximum absolute atomic E-state index is 5.41. The Kier molecular flexibility index (Phi) is 5.96. The molecule has 0 atom stereocenters. The first kappa shape index (κ1) is 15.7. The van der Waals surface area contributed by atoms with Crippen LogP contribution in [0.15, 0.2) is 35.0 Å². The van der Waals surface area contributed by atoms with Gasteiger partial charge in [0.05, 0.1) is 12.8 Å². The topological polar surface area (TPSA) is 47.3 Å². The van der Waals surface area contributed by atoms with Crippen molar-refractivity contribution in [1.82, 2.24) is 10.5 Å². The van der Waals surface area contributed by atoms with E-state index < -0.39 is 0 Å². The molecule has 4 nitrogen and oxygen atoms in total. The van der Waals surface area contributed by atoms with E-state index in [1.807, 2.05) is 0 Å². The van der Waals surface area contributed by atoms with Gasteiger partial charge in [-0.25, -0.2) is 0 Å². The van der Waals surface area contributed by atoms with Crippen molar-refractivity contribution in [3.05, 3.63) is 41.6 Å². The molecule has 0 aliphatic carbocycles. The van der Waals surface area contributed by atoms with Crippen LogP contribution >= 0.6 is 0 Å². The van der Waals surface area contributed by atoms with Gasteiger partial charge in [0.25, 0.3) is 0 Å². The molecule has 0 amide bonds. The van der Waals surface area contributed by atoms with E-state index in [0.29, 0.717) is 12.5 Å². The number of hydrogen-bond donors (Lipinski definition) is 1. The molecule has 1 N–H and O–H groups in total. The highest BCUT2D eigenvalue weighted by Crippen LogP contribution is 2.24. The Morgan fingerprint density at radius 2 is 2.00 bits per heavy atom. The summed E-state index contributed by atoms with van der Waals surface area (Å²) >= 11 is 0. The van der Waals surface area contributed by atoms with Crippen LogP contribution in [0.4, 0.5) is 0 Å². The van der Waals surface area contributed by atoms with E-state index in [4.69, 9.17) is 9.26 Å². The molecule has 114 valence electrons. The first-order valence-electron chi connectivity index (χ1n) is 7.43. The highest BCUT2D eigenvalue weighted by atomic mass is 16.5. The van der Waals surface area contributed by atoms with Crippen molar-refractivity contribution >= 4 is 0 Å². The zero-order valence-corrected chi connectivity index (χ0v) is 13.1. The lowest BCUT2D eigenvalue weighted by molar-refractivity contribution is 0.199. The van der Waals surface area contributed by atoms with Gasteiger partial charge >= 0.3 is 0 Å². The van der Waals surface area contributed by atoms with Gasteiger partial charge in [0, 0.05) is 31.3 Å². The lowest BCUT2D eigenvalue weighted by atomic mass is 10.0. The Balaban J connectivity index is 2.02. The fraction of sp³-hybridized carbons (Fsp3) is 0.471. The standard InChI is InChI=1S/C17H24N2O2/c1-13(2)10-14-4-6-15(7-5-14)17-16(12-19-21-17)11-18-8-9-20-3/h4-7,12-13,18H,8-11H2,1-3H3. The fourth-order valence-corrected chi connectivity index (χ4v) is 2.28. The minimum absolute atomic E-state index is 0.668. The molecule has 2 aromatic rings. The smallest absolute Gasteiger partial charge is 0.171 e. The van der Waals surface area contributed by atoms with Gasteiger partial charge in [0.15, 0.2) is 5.76 Å². The summed E-state index contributed by atoms with van der Waals surface area (Å²) in [6, 6.07) is 8.55. The van der Waals surface area contributed by atoms with E-state index in [2.05, 4.69) is 48.6 Å². The second kappa shape index (κ2) is 7.96. The lowest BCUT2D eigenvalue weighted by Gasteiger charge is -2.07. The molecule has 1 aromatic carbocycles. The van der Waals surface area contributed by atoms with Crippen LogP contribution in [-0.4, -0.2) is 25.4 Å². The number of nitrogens with zero attached hydrogens (tertiary/aromatic N) is 1. The Morgan fingerprint density at radius 1 is 1.24 bits per heavy atom. The van der Waals surface area contributed by atoms with Crippen molar-refractivity contribution in [1.29, 1.82) is 0 Å². The van der Waals surface area contributed by atoms with Crippen molar-refractivity contribution in [3.63, 3.8) is 0 Å². The predicted molar refractivity (Wildman–Crippen MR) is 84.1 cm³/mol. The van der Waals surface area contributed by atoms with Crippen molar-refractivity contribution in [2.45, 2.75) is 26.8 Å². The number of aromatic nitrogens is 1. The van der Waals surface area contributed by atoms with Gasteiger partial charge in [-0.3, -0.25) is 0 Å². The summed E-state index contributed by atoms with van der Waals surface area (Å²) in [6.07, 6.45) is 2.87. The molecule has 0 saturated carbocycles. The molecule has 0 fully saturated rings. The average molecular weight is 288 g/mol. The molecule has 0 aliphatic heterocycles. The first-order valence-corrected chi connectivity index (χ1v) is 7.43. The Labute approximate surface area is 126 Å². The number of ether oxygens (including phenoxy) is 1. The Bertz CT molecular complexity index is 532.